The van der Waals surface area contributed by atoms with Crippen LogP contribution in [0.1, 0.15) is 5.56 Å². The highest BCUT2D eigenvalue weighted by atomic mass is 16.6. The standard InChI is InChI=1S/C13H11N5O2/c1-8-4-5-17-12(6-8)15-16-13(17)9-2-3-10(14)11(7-9)18(19)20/h2-7H,14H2,1H3. The van der Waals surface area contributed by atoms with Crippen molar-refractivity contribution in [2.24, 2.45) is 0 Å². The zero-order chi connectivity index (χ0) is 14.3. The summed E-state index contributed by atoms with van der Waals surface area (Å²) in [6, 6.07) is 8.42. The third kappa shape index (κ3) is 1.85. The molecule has 0 radical (unpaired) electrons. The lowest BCUT2D eigenvalue weighted by Gasteiger charge is -2.02. The second-order valence-corrected chi connectivity index (χ2v) is 4.49. The predicted molar refractivity (Wildman–Crippen MR) is 74.2 cm³/mol. The molecule has 20 heavy (non-hydrogen) atoms. The third-order valence-corrected chi connectivity index (χ3v) is 3.05. The number of aryl methyl sites for hydroxylation is 1. The number of nitro benzene ring substituents is 1. The number of aromatic nitrogens is 3. The summed E-state index contributed by atoms with van der Waals surface area (Å²) >= 11 is 0. The minimum absolute atomic E-state index is 0.128. The van der Waals surface area contributed by atoms with Crippen LogP contribution in [0, 0.1) is 17.0 Å². The van der Waals surface area contributed by atoms with Crippen molar-refractivity contribution in [3.63, 3.8) is 0 Å². The number of nitrogens with two attached hydrogens (primary N) is 1. The Balaban J connectivity index is 2.21. The molecule has 3 rings (SSSR count). The predicted octanol–water partition coefficient (Wildman–Crippen LogP) is 2.20. The van der Waals surface area contributed by atoms with Gasteiger partial charge in [-0.05, 0) is 36.8 Å². The van der Waals surface area contributed by atoms with Gasteiger partial charge in [0.1, 0.15) is 5.69 Å². The number of nitrogens with zero attached hydrogens (tertiary/aromatic N) is 4. The molecule has 2 heterocycles. The van der Waals surface area contributed by atoms with Crippen LogP contribution in [-0.4, -0.2) is 19.5 Å². The third-order valence-electron chi connectivity index (χ3n) is 3.05. The maximum atomic E-state index is 10.9. The van der Waals surface area contributed by atoms with Gasteiger partial charge in [0.2, 0.25) is 0 Å². The molecule has 7 nitrogen and oxygen atoms in total. The van der Waals surface area contributed by atoms with Crippen molar-refractivity contribution in [2.45, 2.75) is 6.92 Å². The molecule has 0 aliphatic rings. The van der Waals surface area contributed by atoms with Crippen LogP contribution in [0.4, 0.5) is 11.4 Å². The van der Waals surface area contributed by atoms with E-state index in [2.05, 4.69) is 10.2 Å². The van der Waals surface area contributed by atoms with E-state index in [4.69, 9.17) is 5.73 Å². The first-order valence-electron chi connectivity index (χ1n) is 5.92. The number of fused-ring (bicyclic) bond motifs is 1. The number of pyridine rings is 1. The van der Waals surface area contributed by atoms with E-state index in [0.717, 1.165) is 5.56 Å². The topological polar surface area (TPSA) is 99.3 Å². The molecule has 100 valence electrons. The van der Waals surface area contributed by atoms with E-state index < -0.39 is 4.92 Å². The van der Waals surface area contributed by atoms with Gasteiger partial charge in [-0.25, -0.2) is 0 Å². The SMILES string of the molecule is Cc1ccn2c(-c3ccc(N)c([N+](=O)[O-])c3)nnc2c1. The van der Waals surface area contributed by atoms with Gasteiger partial charge in [0.05, 0.1) is 4.92 Å². The van der Waals surface area contributed by atoms with Crippen LogP contribution < -0.4 is 5.73 Å². The minimum Gasteiger partial charge on any atom is -0.393 e. The van der Waals surface area contributed by atoms with Crippen molar-refractivity contribution in [1.82, 2.24) is 14.6 Å². The van der Waals surface area contributed by atoms with E-state index in [1.165, 1.54) is 12.1 Å². The minimum atomic E-state index is -0.508. The Labute approximate surface area is 113 Å². The fraction of sp³-hybridized carbons (Fsp3) is 0.0769. The van der Waals surface area contributed by atoms with Gasteiger partial charge < -0.3 is 5.73 Å². The van der Waals surface area contributed by atoms with Gasteiger partial charge in [-0.15, -0.1) is 10.2 Å². The fourth-order valence-corrected chi connectivity index (χ4v) is 2.03. The van der Waals surface area contributed by atoms with Crippen LogP contribution in [0.3, 0.4) is 0 Å². The summed E-state index contributed by atoms with van der Waals surface area (Å²) in [5.74, 6) is 0.545. The molecule has 0 amide bonds. The number of nitro groups is 1. The first-order chi connectivity index (χ1) is 9.56. The van der Waals surface area contributed by atoms with Crippen LogP contribution in [0.15, 0.2) is 36.5 Å². The molecule has 2 aromatic heterocycles. The summed E-state index contributed by atoms with van der Waals surface area (Å²) in [4.78, 5) is 10.4. The summed E-state index contributed by atoms with van der Waals surface area (Å²) in [6.45, 7) is 1.96. The maximum absolute atomic E-state index is 10.9. The van der Waals surface area contributed by atoms with E-state index in [-0.39, 0.29) is 11.4 Å². The number of anilines is 1. The van der Waals surface area contributed by atoms with Crippen LogP contribution >= 0.6 is 0 Å². The van der Waals surface area contributed by atoms with Crippen molar-refractivity contribution >= 4 is 17.0 Å². The van der Waals surface area contributed by atoms with Crippen molar-refractivity contribution in [1.29, 1.82) is 0 Å². The van der Waals surface area contributed by atoms with Gasteiger partial charge in [0.15, 0.2) is 11.5 Å². The Morgan fingerprint density at radius 1 is 1.25 bits per heavy atom. The van der Waals surface area contributed by atoms with Gasteiger partial charge in [-0.1, -0.05) is 0 Å². The number of nitrogen functional groups attached to an aromatic ring is 1. The van der Waals surface area contributed by atoms with Crippen molar-refractivity contribution in [3.05, 3.63) is 52.2 Å². The Kier molecular flexibility index (Phi) is 2.60. The van der Waals surface area contributed by atoms with Gasteiger partial charge in [-0.2, -0.15) is 0 Å². The molecular weight excluding hydrogens is 258 g/mol. The Morgan fingerprint density at radius 3 is 2.80 bits per heavy atom. The quantitative estimate of drug-likeness (QED) is 0.436. The molecule has 0 aliphatic carbocycles. The summed E-state index contributed by atoms with van der Waals surface area (Å²) in [7, 11) is 0. The average Bonchev–Trinajstić information content (AvgIpc) is 2.82. The smallest absolute Gasteiger partial charge is 0.292 e. The second-order valence-electron chi connectivity index (χ2n) is 4.49. The van der Waals surface area contributed by atoms with Crippen LogP contribution in [-0.2, 0) is 0 Å². The molecule has 0 atom stereocenters. The molecule has 7 heteroatoms. The van der Waals surface area contributed by atoms with Crippen molar-refractivity contribution in [2.75, 3.05) is 5.73 Å². The van der Waals surface area contributed by atoms with Crippen molar-refractivity contribution < 1.29 is 4.92 Å². The van der Waals surface area contributed by atoms with E-state index in [0.29, 0.717) is 17.0 Å². The van der Waals surface area contributed by atoms with Gasteiger partial charge in [0, 0.05) is 17.8 Å². The van der Waals surface area contributed by atoms with E-state index >= 15 is 0 Å². The highest BCUT2D eigenvalue weighted by molar-refractivity contribution is 5.69. The number of rotatable bonds is 2. The van der Waals surface area contributed by atoms with Gasteiger partial charge >= 0.3 is 0 Å². The zero-order valence-electron chi connectivity index (χ0n) is 10.6. The first kappa shape index (κ1) is 12.1. The zero-order valence-corrected chi connectivity index (χ0v) is 10.6. The molecule has 0 saturated carbocycles. The molecule has 0 aliphatic heterocycles. The highest BCUT2D eigenvalue weighted by Gasteiger charge is 2.15. The lowest BCUT2D eigenvalue weighted by molar-refractivity contribution is -0.383. The second kappa shape index (κ2) is 4.30. The lowest BCUT2D eigenvalue weighted by atomic mass is 10.1. The molecule has 1 aromatic carbocycles. The Bertz CT molecular complexity index is 825. The van der Waals surface area contributed by atoms with Crippen LogP contribution in [0.5, 0.6) is 0 Å². The molecule has 0 unspecified atom stereocenters. The van der Waals surface area contributed by atoms with Crippen molar-refractivity contribution in [3.8, 4) is 11.4 Å². The molecule has 0 spiro atoms. The lowest BCUT2D eigenvalue weighted by Crippen LogP contribution is -1.97. The summed E-state index contributed by atoms with van der Waals surface area (Å²) in [5.41, 5.74) is 7.95. The summed E-state index contributed by atoms with van der Waals surface area (Å²) < 4.78 is 1.78. The first-order valence-corrected chi connectivity index (χ1v) is 5.92. The Hall–Kier alpha value is -2.96. The van der Waals surface area contributed by atoms with Gasteiger partial charge in [-0.3, -0.25) is 14.5 Å². The fourth-order valence-electron chi connectivity index (χ4n) is 2.03. The van der Waals surface area contributed by atoms with Crippen LogP contribution in [0.25, 0.3) is 17.0 Å². The molecule has 3 aromatic rings. The molecule has 0 saturated heterocycles. The number of hydrogen-bond donors (Lipinski definition) is 1. The molecule has 0 bridgehead atoms. The number of benzene rings is 1. The van der Waals surface area contributed by atoms with E-state index in [1.807, 2.05) is 25.3 Å². The highest BCUT2D eigenvalue weighted by Crippen LogP contribution is 2.28. The largest absolute Gasteiger partial charge is 0.393 e. The summed E-state index contributed by atoms with van der Waals surface area (Å²) in [5, 5.41) is 19.1. The molecular formula is C13H11N5O2. The van der Waals surface area contributed by atoms with E-state index in [9.17, 15) is 10.1 Å². The molecule has 0 fully saturated rings. The van der Waals surface area contributed by atoms with Gasteiger partial charge in [0.25, 0.3) is 5.69 Å². The van der Waals surface area contributed by atoms with E-state index in [1.54, 1.807) is 10.5 Å². The molecule has 2 N–H and O–H groups in total. The summed E-state index contributed by atoms with van der Waals surface area (Å²) in [6.07, 6.45) is 1.84. The monoisotopic (exact) mass is 269 g/mol. The normalized spacial score (nSPS) is 10.8. The van der Waals surface area contributed by atoms with Crippen LogP contribution in [0.2, 0.25) is 0 Å². The maximum Gasteiger partial charge on any atom is 0.292 e. The Morgan fingerprint density at radius 2 is 2.05 bits per heavy atom. The number of hydrogen-bond acceptors (Lipinski definition) is 5. The average molecular weight is 269 g/mol.